The summed E-state index contributed by atoms with van der Waals surface area (Å²) in [7, 11) is -1.01. The van der Waals surface area contributed by atoms with E-state index in [9.17, 15) is 5.11 Å². The van der Waals surface area contributed by atoms with Crippen molar-refractivity contribution >= 4 is 8.80 Å². The molecule has 0 saturated heterocycles. The van der Waals surface area contributed by atoms with Gasteiger partial charge in [0.1, 0.15) is 0 Å². The summed E-state index contributed by atoms with van der Waals surface area (Å²) in [6.07, 6.45) is 0.141. The van der Waals surface area contributed by atoms with Crippen LogP contribution in [0.1, 0.15) is 27.2 Å². The second kappa shape index (κ2) is 76.5. The summed E-state index contributed by atoms with van der Waals surface area (Å²) >= 11 is 0. The fraction of sp³-hybridized carbons (Fsp3) is 1.00. The van der Waals surface area contributed by atoms with Crippen LogP contribution in [0.2, 0.25) is 6.04 Å². The van der Waals surface area contributed by atoms with Crippen molar-refractivity contribution in [2.24, 2.45) is 0 Å². The third-order valence-corrected chi connectivity index (χ3v) is 14.0. The van der Waals surface area contributed by atoms with Crippen LogP contribution < -0.4 is 5.32 Å². The highest BCUT2D eigenvalue weighted by atomic mass is 28.4. The molecule has 0 aromatic rings. The van der Waals surface area contributed by atoms with E-state index in [2.05, 4.69) is 5.32 Å². The van der Waals surface area contributed by atoms with Crippen molar-refractivity contribution in [1.29, 1.82) is 0 Å². The van der Waals surface area contributed by atoms with Crippen molar-refractivity contribution in [3.8, 4) is 0 Å². The number of aliphatic hydroxyl groups is 1. The monoisotopic (exact) mass is 1280 g/mol. The lowest BCUT2D eigenvalue weighted by Gasteiger charge is -2.28. The Balaban J connectivity index is 3.16. The van der Waals surface area contributed by atoms with Gasteiger partial charge in [0.15, 0.2) is 0 Å². The largest absolute Gasteiger partial charge is 0.501 e. The maximum Gasteiger partial charge on any atom is 0.501 e. The first-order valence-electron chi connectivity index (χ1n) is 31.1. The van der Waals surface area contributed by atoms with E-state index in [1.165, 1.54) is 0 Å². The van der Waals surface area contributed by atoms with E-state index in [1.54, 1.807) is 7.11 Å². The molecule has 29 heteroatoms. The van der Waals surface area contributed by atoms with Gasteiger partial charge in [-0.3, -0.25) is 0 Å². The Morgan fingerprint density at radius 3 is 0.663 bits per heavy atom. The quantitative estimate of drug-likeness (QED) is 0.0643. The second-order valence-corrected chi connectivity index (χ2v) is 20.6. The van der Waals surface area contributed by atoms with Crippen molar-refractivity contribution in [3.63, 3.8) is 0 Å². The van der Waals surface area contributed by atoms with Crippen LogP contribution in [-0.2, 0) is 122 Å². The highest BCUT2D eigenvalue weighted by Crippen LogP contribution is 2.18. The number of nitrogens with one attached hydrogen (secondary N) is 1. The molecule has 0 rings (SSSR count). The molecule has 0 aliphatic heterocycles. The van der Waals surface area contributed by atoms with Crippen molar-refractivity contribution < 1.29 is 127 Å². The number of rotatable bonds is 80. The van der Waals surface area contributed by atoms with Gasteiger partial charge in [-0.25, -0.2) is 0 Å². The van der Waals surface area contributed by atoms with Crippen LogP contribution in [0.5, 0.6) is 0 Å². The molecule has 0 aromatic carbocycles. The Hall–Kier alpha value is -0.903. The highest BCUT2D eigenvalue weighted by molar-refractivity contribution is 6.60. The van der Waals surface area contributed by atoms with Gasteiger partial charge in [-0.05, 0) is 27.2 Å². The molecule has 0 bridgehead atoms. The Bertz CT molecular complexity index is 1210. The molecule has 0 radical (unpaired) electrons. The van der Waals surface area contributed by atoms with Crippen molar-refractivity contribution in [1.82, 2.24) is 5.32 Å². The van der Waals surface area contributed by atoms with Gasteiger partial charge in [-0.1, -0.05) is 0 Å². The third-order valence-electron chi connectivity index (χ3n) is 10.8. The number of methoxy groups -OCH3 is 1. The minimum absolute atomic E-state index is 0.251. The van der Waals surface area contributed by atoms with E-state index in [4.69, 9.17) is 122 Å². The van der Waals surface area contributed by atoms with E-state index in [0.717, 1.165) is 6.42 Å². The smallest absolute Gasteiger partial charge is 0.389 e. The van der Waals surface area contributed by atoms with Crippen LogP contribution >= 0.6 is 0 Å². The van der Waals surface area contributed by atoms with E-state index < -0.39 is 14.9 Å². The first-order chi connectivity index (χ1) is 42.6. The maximum absolute atomic E-state index is 10.2. The number of ether oxygens (including phenoxy) is 23. The van der Waals surface area contributed by atoms with Gasteiger partial charge in [0.2, 0.25) is 0 Å². The van der Waals surface area contributed by atoms with E-state index in [0.29, 0.717) is 330 Å². The van der Waals surface area contributed by atoms with Gasteiger partial charge >= 0.3 is 8.80 Å². The summed E-state index contributed by atoms with van der Waals surface area (Å²) in [6.45, 7) is 30.6. The summed E-state index contributed by atoms with van der Waals surface area (Å²) in [5.74, 6) is 0. The van der Waals surface area contributed by atoms with Crippen molar-refractivity contribution in [2.45, 2.75) is 39.3 Å². The van der Waals surface area contributed by atoms with Gasteiger partial charge < -0.3 is 133 Å². The zero-order valence-corrected chi connectivity index (χ0v) is 54.4. The van der Waals surface area contributed by atoms with Crippen LogP contribution in [0.3, 0.4) is 0 Å². The Morgan fingerprint density at radius 2 is 0.465 bits per heavy atom. The molecule has 0 aliphatic rings. The minimum Gasteiger partial charge on any atom is -0.389 e. The number of aliphatic hydroxyl groups excluding tert-OH is 1. The standard InChI is InChI=1S/C57H119NO27Si/c1-5-83-86(84-6-2,85-7-3)54-8-10-82-56-57(59)55-58-9-11-61-14-15-63-18-19-65-22-23-67-26-27-69-30-31-71-34-35-73-38-39-75-42-43-77-46-47-79-50-51-81-53-52-80-49-48-78-45-44-76-41-40-74-37-36-72-33-32-70-29-28-68-25-24-66-21-20-64-17-16-62-13-12-60-4/h57-59H,5-56H2,1-4H3. The molecule has 0 amide bonds. The Kier molecular flexibility index (Phi) is 75.7. The van der Waals surface area contributed by atoms with Gasteiger partial charge in [-0.2, -0.15) is 0 Å². The number of hydrogen-bond donors (Lipinski definition) is 2. The Morgan fingerprint density at radius 1 is 0.267 bits per heavy atom. The van der Waals surface area contributed by atoms with Crippen LogP contribution in [0.4, 0.5) is 0 Å². The van der Waals surface area contributed by atoms with Gasteiger partial charge in [0.25, 0.3) is 0 Å². The lowest BCUT2D eigenvalue weighted by atomic mass is 10.4. The molecule has 0 aromatic heterocycles. The van der Waals surface area contributed by atoms with E-state index in [1.807, 2.05) is 20.8 Å². The highest BCUT2D eigenvalue weighted by Gasteiger charge is 2.39. The minimum atomic E-state index is -2.66. The predicted octanol–water partition coefficient (Wildman–Crippen LogP) is 1.39. The Labute approximate surface area is 516 Å². The summed E-state index contributed by atoms with van der Waals surface area (Å²) in [4.78, 5) is 0. The lowest BCUT2D eigenvalue weighted by molar-refractivity contribution is -0.0316. The summed E-state index contributed by atoms with van der Waals surface area (Å²) < 4.78 is 144. The fourth-order valence-electron chi connectivity index (χ4n) is 6.73. The van der Waals surface area contributed by atoms with Gasteiger partial charge in [-0.15, -0.1) is 0 Å². The number of hydrogen-bond acceptors (Lipinski definition) is 28. The zero-order valence-electron chi connectivity index (χ0n) is 53.4. The molecular weight excluding hydrogens is 1160 g/mol. The summed E-state index contributed by atoms with van der Waals surface area (Å²) in [5.41, 5.74) is 0. The molecule has 28 nitrogen and oxygen atoms in total. The molecule has 0 heterocycles. The SMILES string of the molecule is CCO[Si](CCCOCC(O)CNCCOCCOCCOCCOCCOCCOCCOCCOCCOCCOCCOCCOCCOCCOCCOCCOCCOCCOCCOCCOCCOCCOC)(OCC)OCC. The average Bonchev–Trinajstić information content (AvgIpc) is 3.69. The molecule has 0 fully saturated rings. The fourth-order valence-corrected chi connectivity index (χ4v) is 9.31. The van der Waals surface area contributed by atoms with Crippen LogP contribution in [-0.4, -0.2) is 357 Å². The predicted molar refractivity (Wildman–Crippen MR) is 319 cm³/mol. The normalized spacial score (nSPS) is 12.4. The molecule has 0 aliphatic carbocycles. The molecule has 1 atom stereocenters. The van der Waals surface area contributed by atoms with Gasteiger partial charge in [0, 0.05) is 52.7 Å². The van der Waals surface area contributed by atoms with Crippen molar-refractivity contribution in [3.05, 3.63) is 0 Å². The van der Waals surface area contributed by atoms with E-state index in [-0.39, 0.29) is 6.61 Å². The molecule has 2 N–H and O–H groups in total. The summed E-state index contributed by atoms with van der Waals surface area (Å²) in [5, 5.41) is 13.3. The van der Waals surface area contributed by atoms with Crippen LogP contribution in [0.15, 0.2) is 0 Å². The van der Waals surface area contributed by atoms with Gasteiger partial charge in [0.05, 0.1) is 297 Å². The average molecular weight is 1280 g/mol. The summed E-state index contributed by atoms with van der Waals surface area (Å²) in [6, 6.07) is 0.686. The molecule has 0 spiro atoms. The molecule has 0 saturated carbocycles. The van der Waals surface area contributed by atoms with Crippen LogP contribution in [0, 0.1) is 0 Å². The van der Waals surface area contributed by atoms with Crippen molar-refractivity contribution in [2.75, 3.05) is 337 Å². The third kappa shape index (κ3) is 70.6. The molecular formula is C57H119NO27Si. The molecule has 86 heavy (non-hydrogen) atoms. The van der Waals surface area contributed by atoms with Crippen LogP contribution in [0.25, 0.3) is 0 Å². The lowest BCUT2D eigenvalue weighted by Crippen LogP contribution is -2.46. The molecule has 518 valence electrons. The second-order valence-electron chi connectivity index (χ2n) is 17.9. The first-order valence-corrected chi connectivity index (χ1v) is 33.1. The first kappa shape index (κ1) is 85.1. The van der Waals surface area contributed by atoms with E-state index >= 15 is 0 Å². The zero-order chi connectivity index (χ0) is 61.9. The molecule has 1 unspecified atom stereocenters. The maximum atomic E-state index is 10.2. The topological polar surface area (TPSA) is 272 Å².